The number of hydrogen-bond acceptors (Lipinski definition) is 4. The molecule has 0 saturated carbocycles. The maximum atomic E-state index is 5.86. The number of allylic oxidation sites excluding steroid dienone is 1. The molecule has 0 saturated heterocycles. The highest BCUT2D eigenvalue weighted by Crippen LogP contribution is 2.27. The van der Waals surface area contributed by atoms with Gasteiger partial charge in [0.25, 0.3) is 0 Å². The Kier molecular flexibility index (Phi) is 5.90. The van der Waals surface area contributed by atoms with Gasteiger partial charge in [-0.3, -0.25) is 0 Å². The van der Waals surface area contributed by atoms with E-state index in [0.717, 1.165) is 39.7 Å². The summed E-state index contributed by atoms with van der Waals surface area (Å²) in [5.41, 5.74) is 16.2. The third kappa shape index (κ3) is 5.46. The molecule has 154 valence electrons. The Balaban J connectivity index is 1.41. The van der Waals surface area contributed by atoms with Crippen LogP contribution in [0.25, 0.3) is 11.6 Å². The van der Waals surface area contributed by atoms with Crippen LogP contribution in [0.3, 0.4) is 0 Å². The fraction of sp³-hybridized carbons (Fsp3) is 0.0370. The summed E-state index contributed by atoms with van der Waals surface area (Å²) < 4.78 is 11.7. The summed E-state index contributed by atoms with van der Waals surface area (Å²) in [5.74, 6) is 3.08. The van der Waals surface area contributed by atoms with Gasteiger partial charge in [0.1, 0.15) is 23.0 Å². The van der Waals surface area contributed by atoms with Crippen molar-refractivity contribution in [3.8, 4) is 23.0 Å². The predicted molar refractivity (Wildman–Crippen MR) is 128 cm³/mol. The first-order chi connectivity index (χ1) is 15.0. The number of nitrogens with two attached hydrogens (primary N) is 2. The highest BCUT2D eigenvalue weighted by molar-refractivity contribution is 5.80. The van der Waals surface area contributed by atoms with E-state index in [1.807, 2.05) is 84.9 Å². The number of rotatable bonds is 6. The molecular formula is C27H24N2O2. The van der Waals surface area contributed by atoms with Crippen molar-refractivity contribution in [3.63, 3.8) is 0 Å². The van der Waals surface area contributed by atoms with Crippen LogP contribution in [-0.2, 0) is 0 Å². The maximum Gasteiger partial charge on any atom is 0.127 e. The summed E-state index contributed by atoms with van der Waals surface area (Å²) in [7, 11) is 0. The number of ether oxygens (including phenoxy) is 2. The number of benzene rings is 4. The molecule has 0 aliphatic rings. The van der Waals surface area contributed by atoms with Gasteiger partial charge in [-0.1, -0.05) is 30.3 Å². The smallest absolute Gasteiger partial charge is 0.127 e. The zero-order valence-corrected chi connectivity index (χ0v) is 17.3. The summed E-state index contributed by atoms with van der Waals surface area (Å²) in [4.78, 5) is 0. The van der Waals surface area contributed by atoms with Gasteiger partial charge < -0.3 is 20.9 Å². The van der Waals surface area contributed by atoms with Crippen LogP contribution in [0.15, 0.2) is 97.1 Å². The predicted octanol–water partition coefficient (Wildman–Crippen LogP) is 7.00. The van der Waals surface area contributed by atoms with Crippen molar-refractivity contribution in [1.82, 2.24) is 0 Å². The van der Waals surface area contributed by atoms with E-state index >= 15 is 0 Å². The van der Waals surface area contributed by atoms with Gasteiger partial charge in [-0.15, -0.1) is 0 Å². The van der Waals surface area contributed by atoms with E-state index in [-0.39, 0.29) is 0 Å². The lowest BCUT2D eigenvalue weighted by atomic mass is 10.0. The third-order valence-electron chi connectivity index (χ3n) is 4.80. The second-order valence-corrected chi connectivity index (χ2v) is 7.26. The van der Waals surface area contributed by atoms with Crippen LogP contribution < -0.4 is 20.9 Å². The van der Waals surface area contributed by atoms with Crippen molar-refractivity contribution in [3.05, 3.63) is 108 Å². The molecule has 0 aromatic heterocycles. The molecule has 4 rings (SSSR count). The molecule has 0 aliphatic carbocycles. The first-order valence-corrected chi connectivity index (χ1v) is 10.0. The van der Waals surface area contributed by atoms with E-state index in [0.29, 0.717) is 11.4 Å². The molecular weight excluding hydrogens is 384 g/mol. The van der Waals surface area contributed by atoms with Gasteiger partial charge >= 0.3 is 0 Å². The van der Waals surface area contributed by atoms with Crippen LogP contribution in [0, 0.1) is 0 Å². The van der Waals surface area contributed by atoms with Gasteiger partial charge in [-0.05, 0) is 96.4 Å². The highest BCUT2D eigenvalue weighted by atomic mass is 16.5. The fourth-order valence-corrected chi connectivity index (χ4v) is 3.10. The molecule has 0 radical (unpaired) electrons. The summed E-state index contributed by atoms with van der Waals surface area (Å²) in [5, 5.41) is 0. The molecule has 0 atom stereocenters. The van der Waals surface area contributed by atoms with Crippen LogP contribution >= 0.6 is 0 Å². The van der Waals surface area contributed by atoms with Gasteiger partial charge in [-0.2, -0.15) is 0 Å². The molecule has 0 fully saturated rings. The average Bonchev–Trinajstić information content (AvgIpc) is 2.79. The molecule has 4 aromatic carbocycles. The third-order valence-corrected chi connectivity index (χ3v) is 4.80. The Morgan fingerprint density at radius 1 is 0.548 bits per heavy atom. The molecule has 0 bridgehead atoms. The van der Waals surface area contributed by atoms with E-state index in [4.69, 9.17) is 20.9 Å². The van der Waals surface area contributed by atoms with Gasteiger partial charge in [0.05, 0.1) is 0 Å². The van der Waals surface area contributed by atoms with E-state index in [9.17, 15) is 0 Å². The second-order valence-electron chi connectivity index (χ2n) is 7.26. The van der Waals surface area contributed by atoms with Crippen molar-refractivity contribution < 1.29 is 9.47 Å². The van der Waals surface area contributed by atoms with Crippen LogP contribution in [0.1, 0.15) is 18.1 Å². The lowest BCUT2D eigenvalue weighted by molar-refractivity contribution is 0.482. The maximum absolute atomic E-state index is 5.86. The standard InChI is InChI=1S/C27H24N2O2/c1-19(21-4-12-25(13-5-21)31-27-16-8-23(29)9-17-27)18-20-2-10-24(11-3-20)30-26-14-6-22(28)7-15-26/h2-18H,28-29H2,1H3. The number of anilines is 2. The summed E-state index contributed by atoms with van der Waals surface area (Å²) in [6.07, 6.45) is 2.14. The molecule has 0 amide bonds. The average molecular weight is 409 g/mol. The Morgan fingerprint density at radius 3 is 1.32 bits per heavy atom. The molecule has 4 aromatic rings. The lowest BCUT2D eigenvalue weighted by Crippen LogP contribution is -1.88. The molecule has 4 nitrogen and oxygen atoms in total. The molecule has 0 heterocycles. The highest BCUT2D eigenvalue weighted by Gasteiger charge is 2.02. The molecule has 0 aliphatic heterocycles. The minimum absolute atomic E-state index is 0.716. The largest absolute Gasteiger partial charge is 0.457 e. The number of nitrogen functional groups attached to an aromatic ring is 2. The van der Waals surface area contributed by atoms with Crippen LogP contribution in [-0.4, -0.2) is 0 Å². The molecule has 4 heteroatoms. The Labute approximate surface area is 182 Å². The minimum Gasteiger partial charge on any atom is -0.457 e. The molecule has 31 heavy (non-hydrogen) atoms. The van der Waals surface area contributed by atoms with E-state index in [1.165, 1.54) is 0 Å². The summed E-state index contributed by atoms with van der Waals surface area (Å²) in [6.45, 7) is 2.09. The Bertz CT molecular complexity index is 1160. The van der Waals surface area contributed by atoms with Crippen molar-refractivity contribution in [1.29, 1.82) is 0 Å². The topological polar surface area (TPSA) is 70.5 Å². The lowest BCUT2D eigenvalue weighted by Gasteiger charge is -2.08. The molecule has 4 N–H and O–H groups in total. The van der Waals surface area contributed by atoms with Gasteiger partial charge in [0.15, 0.2) is 0 Å². The first-order valence-electron chi connectivity index (χ1n) is 10.0. The first kappa shape index (κ1) is 20.1. The van der Waals surface area contributed by atoms with Crippen LogP contribution in [0.5, 0.6) is 23.0 Å². The summed E-state index contributed by atoms with van der Waals surface area (Å²) in [6, 6.07) is 30.7. The van der Waals surface area contributed by atoms with Crippen molar-refractivity contribution in [2.24, 2.45) is 0 Å². The monoisotopic (exact) mass is 408 g/mol. The van der Waals surface area contributed by atoms with Gasteiger partial charge in [-0.25, -0.2) is 0 Å². The SMILES string of the molecule is CC(=Cc1ccc(Oc2ccc(N)cc2)cc1)c1ccc(Oc2ccc(N)cc2)cc1. The molecule has 0 spiro atoms. The van der Waals surface area contributed by atoms with Crippen LogP contribution in [0.2, 0.25) is 0 Å². The van der Waals surface area contributed by atoms with Crippen molar-refractivity contribution in [2.75, 3.05) is 11.5 Å². The van der Waals surface area contributed by atoms with Crippen LogP contribution in [0.4, 0.5) is 11.4 Å². The van der Waals surface area contributed by atoms with Crippen molar-refractivity contribution >= 4 is 23.0 Å². The minimum atomic E-state index is 0.716. The Morgan fingerprint density at radius 2 is 0.903 bits per heavy atom. The normalized spacial score (nSPS) is 11.2. The van der Waals surface area contributed by atoms with Gasteiger partial charge in [0, 0.05) is 11.4 Å². The van der Waals surface area contributed by atoms with E-state index in [1.54, 1.807) is 0 Å². The number of hydrogen-bond donors (Lipinski definition) is 2. The summed E-state index contributed by atoms with van der Waals surface area (Å²) >= 11 is 0. The zero-order valence-electron chi connectivity index (χ0n) is 17.3. The Hall–Kier alpha value is -4.18. The van der Waals surface area contributed by atoms with E-state index in [2.05, 4.69) is 25.1 Å². The van der Waals surface area contributed by atoms with E-state index < -0.39 is 0 Å². The van der Waals surface area contributed by atoms with Crippen molar-refractivity contribution in [2.45, 2.75) is 6.92 Å². The molecule has 0 unspecified atom stereocenters. The fourth-order valence-electron chi connectivity index (χ4n) is 3.10. The zero-order chi connectivity index (χ0) is 21.6. The van der Waals surface area contributed by atoms with Gasteiger partial charge in [0.2, 0.25) is 0 Å². The second kappa shape index (κ2) is 9.09. The quantitative estimate of drug-likeness (QED) is 0.266.